The van der Waals surface area contributed by atoms with Gasteiger partial charge in [0.1, 0.15) is 5.78 Å². The van der Waals surface area contributed by atoms with E-state index >= 15 is 0 Å². The lowest BCUT2D eigenvalue weighted by atomic mass is 9.97. The average Bonchev–Trinajstić information content (AvgIpc) is 2.38. The average molecular weight is 314 g/mol. The second-order valence-electron chi connectivity index (χ2n) is 5.18. The van der Waals surface area contributed by atoms with Crippen molar-refractivity contribution in [2.75, 3.05) is 6.54 Å². The van der Waals surface area contributed by atoms with Gasteiger partial charge in [0, 0.05) is 24.0 Å². The Hall–Kier alpha value is -1.06. The molecule has 0 aromatic heterocycles. The molecule has 5 heteroatoms. The third-order valence-corrected chi connectivity index (χ3v) is 4.12. The van der Waals surface area contributed by atoms with Crippen LogP contribution < -0.4 is 0 Å². The van der Waals surface area contributed by atoms with Crippen LogP contribution >= 0.6 is 23.2 Å². The van der Waals surface area contributed by atoms with E-state index in [1.165, 1.54) is 0 Å². The van der Waals surface area contributed by atoms with Gasteiger partial charge in [0.25, 0.3) is 5.91 Å². The summed E-state index contributed by atoms with van der Waals surface area (Å²) in [7, 11) is 0. The number of benzene rings is 1. The fraction of sp³-hybridized carbons (Fsp3) is 0.467. The van der Waals surface area contributed by atoms with Crippen LogP contribution in [0.2, 0.25) is 10.0 Å². The Balaban J connectivity index is 2.22. The highest BCUT2D eigenvalue weighted by atomic mass is 35.5. The summed E-state index contributed by atoms with van der Waals surface area (Å²) < 4.78 is 0. The number of ketones is 1. The number of Topliss-reactive ketones (excluding diaryl/α,β-unsaturated/α-hetero) is 1. The number of likely N-dealkylation sites (tertiary alicyclic amines) is 1. The molecule has 20 heavy (non-hydrogen) atoms. The molecular formula is C15H17Cl2NO2. The SMILES string of the molecule is CC(=O)CC1CCCCN1C(=O)c1ccc(Cl)cc1Cl. The molecule has 1 aliphatic rings. The summed E-state index contributed by atoms with van der Waals surface area (Å²) in [6, 6.07) is 4.86. The van der Waals surface area contributed by atoms with Gasteiger partial charge in [-0.05, 0) is 44.4 Å². The van der Waals surface area contributed by atoms with Crippen molar-refractivity contribution in [3.63, 3.8) is 0 Å². The van der Waals surface area contributed by atoms with Gasteiger partial charge < -0.3 is 4.90 Å². The topological polar surface area (TPSA) is 37.4 Å². The van der Waals surface area contributed by atoms with Gasteiger partial charge in [-0.2, -0.15) is 0 Å². The molecule has 1 atom stereocenters. The van der Waals surface area contributed by atoms with Crippen molar-refractivity contribution < 1.29 is 9.59 Å². The molecule has 0 N–H and O–H groups in total. The van der Waals surface area contributed by atoms with E-state index in [1.807, 2.05) is 0 Å². The number of piperidine rings is 1. The van der Waals surface area contributed by atoms with E-state index in [0.717, 1.165) is 19.3 Å². The highest BCUT2D eigenvalue weighted by molar-refractivity contribution is 6.36. The van der Waals surface area contributed by atoms with Gasteiger partial charge in [-0.3, -0.25) is 9.59 Å². The van der Waals surface area contributed by atoms with E-state index in [4.69, 9.17) is 23.2 Å². The minimum absolute atomic E-state index is 0.0134. The first kappa shape index (κ1) is 15.3. The van der Waals surface area contributed by atoms with Gasteiger partial charge in [-0.1, -0.05) is 23.2 Å². The molecule has 1 saturated heterocycles. The molecule has 2 rings (SSSR count). The summed E-state index contributed by atoms with van der Waals surface area (Å²) in [5, 5.41) is 0.861. The van der Waals surface area contributed by atoms with E-state index < -0.39 is 0 Å². The molecule has 0 spiro atoms. The summed E-state index contributed by atoms with van der Waals surface area (Å²) >= 11 is 11.9. The summed E-state index contributed by atoms with van der Waals surface area (Å²) in [4.78, 5) is 25.7. The maximum atomic E-state index is 12.6. The third kappa shape index (κ3) is 3.53. The zero-order valence-corrected chi connectivity index (χ0v) is 12.9. The van der Waals surface area contributed by atoms with Crippen LogP contribution in [0.3, 0.4) is 0 Å². The number of halogens is 2. The second-order valence-corrected chi connectivity index (χ2v) is 6.02. The minimum atomic E-state index is -0.113. The van der Waals surface area contributed by atoms with Gasteiger partial charge in [-0.15, -0.1) is 0 Å². The summed E-state index contributed by atoms with van der Waals surface area (Å²) in [5.74, 6) is -0.00507. The highest BCUT2D eigenvalue weighted by Gasteiger charge is 2.29. The van der Waals surface area contributed by atoms with E-state index in [2.05, 4.69) is 0 Å². The number of carbonyl (C=O) groups is 2. The lowest BCUT2D eigenvalue weighted by Gasteiger charge is -2.35. The van der Waals surface area contributed by atoms with Crippen LogP contribution in [-0.4, -0.2) is 29.2 Å². The summed E-state index contributed by atoms with van der Waals surface area (Å²) in [6.45, 7) is 2.24. The van der Waals surface area contributed by atoms with Crippen LogP contribution in [0.5, 0.6) is 0 Å². The van der Waals surface area contributed by atoms with Gasteiger partial charge in [0.15, 0.2) is 0 Å². The molecule has 0 aliphatic carbocycles. The van der Waals surface area contributed by atoms with Gasteiger partial charge in [0.05, 0.1) is 10.6 Å². The largest absolute Gasteiger partial charge is 0.335 e. The van der Waals surface area contributed by atoms with Crippen LogP contribution in [0.1, 0.15) is 43.0 Å². The molecule has 1 amide bonds. The molecule has 3 nitrogen and oxygen atoms in total. The fourth-order valence-electron chi connectivity index (χ4n) is 2.63. The lowest BCUT2D eigenvalue weighted by Crippen LogP contribution is -2.44. The third-order valence-electron chi connectivity index (χ3n) is 3.57. The molecule has 1 aromatic rings. The zero-order valence-electron chi connectivity index (χ0n) is 11.4. The van der Waals surface area contributed by atoms with Gasteiger partial charge in [-0.25, -0.2) is 0 Å². The maximum absolute atomic E-state index is 12.6. The van der Waals surface area contributed by atoms with Crippen molar-refractivity contribution in [1.29, 1.82) is 0 Å². The van der Waals surface area contributed by atoms with Crippen molar-refractivity contribution in [3.8, 4) is 0 Å². The Morgan fingerprint density at radius 1 is 1.30 bits per heavy atom. The number of carbonyl (C=O) groups excluding carboxylic acids is 2. The van der Waals surface area contributed by atoms with Crippen LogP contribution in [-0.2, 0) is 4.79 Å². The molecule has 0 radical (unpaired) electrons. The Bertz CT molecular complexity index is 531. The molecule has 1 aliphatic heterocycles. The van der Waals surface area contributed by atoms with E-state index in [0.29, 0.717) is 28.6 Å². The number of hydrogen-bond acceptors (Lipinski definition) is 2. The minimum Gasteiger partial charge on any atom is -0.335 e. The van der Waals surface area contributed by atoms with Crippen molar-refractivity contribution in [3.05, 3.63) is 33.8 Å². The molecule has 0 saturated carbocycles. The Morgan fingerprint density at radius 2 is 2.05 bits per heavy atom. The lowest BCUT2D eigenvalue weighted by molar-refractivity contribution is -0.118. The van der Waals surface area contributed by atoms with Crippen LogP contribution in [0.4, 0.5) is 0 Å². The quantitative estimate of drug-likeness (QED) is 0.846. The first-order valence-corrected chi connectivity index (χ1v) is 7.50. The van der Waals surface area contributed by atoms with Crippen molar-refractivity contribution >= 4 is 34.9 Å². The van der Waals surface area contributed by atoms with Crippen molar-refractivity contribution in [2.45, 2.75) is 38.6 Å². The smallest absolute Gasteiger partial charge is 0.255 e. The number of rotatable bonds is 3. The van der Waals surface area contributed by atoms with Gasteiger partial charge in [0.2, 0.25) is 0 Å². The highest BCUT2D eigenvalue weighted by Crippen LogP contribution is 2.26. The maximum Gasteiger partial charge on any atom is 0.255 e. The molecule has 1 fully saturated rings. The monoisotopic (exact) mass is 313 g/mol. The summed E-state index contributed by atoms with van der Waals surface area (Å²) in [5.41, 5.74) is 0.450. The molecule has 1 aromatic carbocycles. The molecule has 1 heterocycles. The van der Waals surface area contributed by atoms with E-state index in [1.54, 1.807) is 30.0 Å². The first-order chi connectivity index (χ1) is 9.49. The normalized spacial score (nSPS) is 18.9. The molecule has 0 bridgehead atoms. The van der Waals surface area contributed by atoms with Crippen molar-refractivity contribution in [2.24, 2.45) is 0 Å². The first-order valence-electron chi connectivity index (χ1n) is 6.74. The zero-order chi connectivity index (χ0) is 14.7. The predicted octanol–water partition coefficient (Wildman–Crippen LogP) is 3.97. The number of amides is 1. The summed E-state index contributed by atoms with van der Waals surface area (Å²) in [6.07, 6.45) is 3.30. The number of nitrogens with zero attached hydrogens (tertiary/aromatic N) is 1. The standard InChI is InChI=1S/C15H17Cl2NO2/c1-10(19)8-12-4-2-3-7-18(12)15(20)13-6-5-11(16)9-14(13)17/h5-6,9,12H,2-4,7-8H2,1H3. The number of hydrogen-bond donors (Lipinski definition) is 0. The Morgan fingerprint density at radius 3 is 2.70 bits per heavy atom. The van der Waals surface area contributed by atoms with Crippen molar-refractivity contribution in [1.82, 2.24) is 4.90 Å². The fourth-order valence-corrected chi connectivity index (χ4v) is 3.12. The second kappa shape index (κ2) is 6.59. The predicted molar refractivity (Wildman–Crippen MR) is 80.4 cm³/mol. The van der Waals surface area contributed by atoms with Crippen LogP contribution in [0, 0.1) is 0 Å². The molecule has 108 valence electrons. The Kier molecular flexibility index (Phi) is 5.06. The van der Waals surface area contributed by atoms with Gasteiger partial charge >= 0.3 is 0 Å². The molecule has 1 unspecified atom stereocenters. The van der Waals surface area contributed by atoms with E-state index in [9.17, 15) is 9.59 Å². The van der Waals surface area contributed by atoms with Crippen LogP contribution in [0.15, 0.2) is 18.2 Å². The molecular weight excluding hydrogens is 297 g/mol. The van der Waals surface area contributed by atoms with Crippen LogP contribution in [0.25, 0.3) is 0 Å². The van der Waals surface area contributed by atoms with E-state index in [-0.39, 0.29) is 17.7 Å². The Labute approximate surface area is 128 Å².